The summed E-state index contributed by atoms with van der Waals surface area (Å²) in [5, 5.41) is 16.9. The number of carbonyl (C=O) groups excluding carboxylic acids is 4. The molecule has 11 heteroatoms. The number of rotatable bonds is 14. The summed E-state index contributed by atoms with van der Waals surface area (Å²) in [4.78, 5) is 59.9. The number of primary amides is 1. The van der Waals surface area contributed by atoms with E-state index in [-0.39, 0.29) is 31.1 Å². The van der Waals surface area contributed by atoms with Crippen LogP contribution in [0.1, 0.15) is 60.3 Å². The molecule has 0 aromatic carbocycles. The van der Waals surface area contributed by atoms with Crippen molar-refractivity contribution in [3.8, 4) is 0 Å². The van der Waals surface area contributed by atoms with Crippen LogP contribution in [0, 0.1) is 11.8 Å². The molecule has 8 N–H and O–H groups in total. The van der Waals surface area contributed by atoms with E-state index in [0.717, 1.165) is 0 Å². The number of hydrogen-bond acceptors (Lipinski definition) is 6. The van der Waals surface area contributed by atoms with Gasteiger partial charge in [0.2, 0.25) is 23.6 Å². The minimum absolute atomic E-state index is 0.00662. The molecule has 0 saturated heterocycles. The molecule has 0 radical (unpaired) electrons. The van der Waals surface area contributed by atoms with E-state index in [4.69, 9.17) is 11.5 Å². The predicted molar refractivity (Wildman–Crippen MR) is 114 cm³/mol. The molecule has 0 aromatic rings. The quantitative estimate of drug-likeness (QED) is 0.203. The SMILES string of the molecule is CC(C)CC(NC(=O)C(C)N)C(=O)NC(CC(C)C)C(=O)NC(CCC(N)=O)C(=O)O. The molecule has 0 saturated carbocycles. The van der Waals surface area contributed by atoms with Crippen molar-refractivity contribution in [3.63, 3.8) is 0 Å². The van der Waals surface area contributed by atoms with Gasteiger partial charge in [-0.2, -0.15) is 0 Å². The molecule has 0 heterocycles. The maximum Gasteiger partial charge on any atom is 0.326 e. The topological polar surface area (TPSA) is 194 Å². The fraction of sp³-hybridized carbons (Fsp3) is 0.750. The number of carboxylic acid groups (broad SMARTS) is 1. The Hall–Kier alpha value is -2.69. The zero-order valence-corrected chi connectivity index (χ0v) is 18.9. The van der Waals surface area contributed by atoms with Crippen LogP contribution in [0.5, 0.6) is 0 Å². The lowest BCUT2D eigenvalue weighted by atomic mass is 9.99. The largest absolute Gasteiger partial charge is 0.480 e. The van der Waals surface area contributed by atoms with E-state index >= 15 is 0 Å². The molecule has 4 amide bonds. The Balaban J connectivity index is 5.43. The normalized spacial score (nSPS) is 15.0. The second kappa shape index (κ2) is 13.6. The number of aliphatic carboxylic acids is 1. The Kier molecular flexibility index (Phi) is 12.4. The van der Waals surface area contributed by atoms with Crippen molar-refractivity contribution in [3.05, 3.63) is 0 Å². The van der Waals surface area contributed by atoms with Gasteiger partial charge in [0.25, 0.3) is 0 Å². The van der Waals surface area contributed by atoms with Gasteiger partial charge >= 0.3 is 5.97 Å². The number of amides is 4. The van der Waals surface area contributed by atoms with E-state index < -0.39 is 53.8 Å². The Bertz CT molecular complexity index is 650. The molecule has 4 atom stereocenters. The van der Waals surface area contributed by atoms with Crippen molar-refractivity contribution in [1.29, 1.82) is 0 Å². The maximum atomic E-state index is 12.8. The van der Waals surface area contributed by atoms with Gasteiger partial charge in [-0.15, -0.1) is 0 Å². The molecular weight excluding hydrogens is 406 g/mol. The number of nitrogens with one attached hydrogen (secondary N) is 3. The minimum atomic E-state index is -1.32. The summed E-state index contributed by atoms with van der Waals surface area (Å²) in [5.74, 6) is -3.67. The molecule has 0 aliphatic rings. The molecule has 0 bridgehead atoms. The van der Waals surface area contributed by atoms with Crippen molar-refractivity contribution < 1.29 is 29.1 Å². The Morgan fingerprint density at radius 1 is 0.742 bits per heavy atom. The van der Waals surface area contributed by atoms with Gasteiger partial charge in [0.15, 0.2) is 0 Å². The molecule has 0 aliphatic heterocycles. The summed E-state index contributed by atoms with van der Waals surface area (Å²) in [6.45, 7) is 8.95. The van der Waals surface area contributed by atoms with Crippen molar-refractivity contribution in [2.75, 3.05) is 0 Å². The smallest absolute Gasteiger partial charge is 0.326 e. The molecular formula is C20H37N5O6. The van der Waals surface area contributed by atoms with Crippen LogP contribution >= 0.6 is 0 Å². The van der Waals surface area contributed by atoms with E-state index in [1.54, 1.807) is 0 Å². The van der Waals surface area contributed by atoms with Crippen molar-refractivity contribution in [1.82, 2.24) is 16.0 Å². The van der Waals surface area contributed by atoms with Crippen LogP contribution in [-0.4, -0.2) is 58.9 Å². The van der Waals surface area contributed by atoms with Gasteiger partial charge in [-0.3, -0.25) is 19.2 Å². The molecule has 31 heavy (non-hydrogen) atoms. The van der Waals surface area contributed by atoms with Gasteiger partial charge in [-0.25, -0.2) is 4.79 Å². The summed E-state index contributed by atoms with van der Waals surface area (Å²) >= 11 is 0. The van der Waals surface area contributed by atoms with Crippen LogP contribution in [0.4, 0.5) is 0 Å². The minimum Gasteiger partial charge on any atom is -0.480 e. The highest BCUT2D eigenvalue weighted by atomic mass is 16.4. The van der Waals surface area contributed by atoms with Gasteiger partial charge in [-0.1, -0.05) is 27.7 Å². The Labute approximate surface area is 183 Å². The standard InChI is InChI=1S/C20H37N5O6/c1-10(2)8-14(24-17(27)12(5)21)19(29)25-15(9-11(3)4)18(28)23-13(20(30)31)6-7-16(22)26/h10-15H,6-9,21H2,1-5H3,(H2,22,26)(H,23,28)(H,24,27)(H,25,29)(H,30,31). The summed E-state index contributed by atoms with van der Waals surface area (Å²) < 4.78 is 0. The first kappa shape index (κ1) is 28.3. The van der Waals surface area contributed by atoms with Gasteiger partial charge in [-0.05, 0) is 38.0 Å². The Morgan fingerprint density at radius 2 is 1.13 bits per heavy atom. The van der Waals surface area contributed by atoms with Crippen molar-refractivity contribution >= 4 is 29.6 Å². The summed E-state index contributed by atoms with van der Waals surface area (Å²) in [5.41, 5.74) is 10.6. The summed E-state index contributed by atoms with van der Waals surface area (Å²) in [6.07, 6.45) is 0.198. The van der Waals surface area contributed by atoms with Crippen LogP contribution in [0.3, 0.4) is 0 Å². The van der Waals surface area contributed by atoms with Gasteiger partial charge in [0, 0.05) is 6.42 Å². The Morgan fingerprint density at radius 3 is 1.45 bits per heavy atom. The molecule has 0 spiro atoms. The van der Waals surface area contributed by atoms with Crippen LogP contribution < -0.4 is 27.4 Å². The fourth-order valence-corrected chi connectivity index (χ4v) is 2.80. The molecule has 0 aliphatic carbocycles. The van der Waals surface area contributed by atoms with E-state index in [2.05, 4.69) is 16.0 Å². The number of hydrogen-bond donors (Lipinski definition) is 6. The third-order valence-corrected chi connectivity index (χ3v) is 4.39. The molecule has 0 fully saturated rings. The van der Waals surface area contributed by atoms with E-state index in [0.29, 0.717) is 6.42 Å². The third kappa shape index (κ3) is 11.9. The van der Waals surface area contributed by atoms with Crippen LogP contribution in [0.25, 0.3) is 0 Å². The lowest BCUT2D eigenvalue weighted by molar-refractivity contribution is -0.142. The lowest BCUT2D eigenvalue weighted by Gasteiger charge is -2.26. The van der Waals surface area contributed by atoms with Gasteiger partial charge < -0.3 is 32.5 Å². The molecule has 11 nitrogen and oxygen atoms in total. The average Bonchev–Trinajstić information content (AvgIpc) is 2.62. The highest BCUT2D eigenvalue weighted by molar-refractivity contribution is 5.94. The first-order valence-electron chi connectivity index (χ1n) is 10.4. The fourth-order valence-electron chi connectivity index (χ4n) is 2.80. The van der Waals surface area contributed by atoms with Crippen LogP contribution in [0.15, 0.2) is 0 Å². The maximum absolute atomic E-state index is 12.8. The monoisotopic (exact) mass is 443 g/mol. The van der Waals surface area contributed by atoms with E-state index in [9.17, 15) is 29.1 Å². The van der Waals surface area contributed by atoms with Crippen molar-refractivity contribution in [2.45, 2.75) is 84.5 Å². The number of carbonyl (C=O) groups is 5. The zero-order valence-electron chi connectivity index (χ0n) is 18.9. The number of nitrogens with two attached hydrogens (primary N) is 2. The molecule has 0 aromatic heterocycles. The van der Waals surface area contributed by atoms with Gasteiger partial charge in [0.1, 0.15) is 18.1 Å². The van der Waals surface area contributed by atoms with Crippen LogP contribution in [0.2, 0.25) is 0 Å². The first-order chi connectivity index (χ1) is 14.2. The highest BCUT2D eigenvalue weighted by Gasteiger charge is 2.30. The summed E-state index contributed by atoms with van der Waals surface area (Å²) in [7, 11) is 0. The highest BCUT2D eigenvalue weighted by Crippen LogP contribution is 2.10. The second-order valence-corrected chi connectivity index (χ2v) is 8.57. The second-order valence-electron chi connectivity index (χ2n) is 8.57. The molecule has 0 rings (SSSR count). The third-order valence-electron chi connectivity index (χ3n) is 4.39. The van der Waals surface area contributed by atoms with Gasteiger partial charge in [0.05, 0.1) is 6.04 Å². The first-order valence-corrected chi connectivity index (χ1v) is 10.4. The predicted octanol–water partition coefficient (Wildman–Crippen LogP) is -0.770. The average molecular weight is 444 g/mol. The molecule has 4 unspecified atom stereocenters. The van der Waals surface area contributed by atoms with Crippen LogP contribution in [-0.2, 0) is 24.0 Å². The molecule has 178 valence electrons. The van der Waals surface area contributed by atoms with E-state index in [1.807, 2.05) is 27.7 Å². The zero-order chi connectivity index (χ0) is 24.3. The lowest BCUT2D eigenvalue weighted by Crippen LogP contribution is -2.57. The van der Waals surface area contributed by atoms with E-state index in [1.165, 1.54) is 6.92 Å². The number of carboxylic acids is 1. The van der Waals surface area contributed by atoms with Crippen molar-refractivity contribution in [2.24, 2.45) is 23.3 Å². The summed E-state index contributed by atoms with van der Waals surface area (Å²) in [6, 6.07) is -4.05.